The molecule has 8 N–H and O–H groups in total. The number of phenolic OH excluding ortho intramolecular Hbond substituents is 1. The van der Waals surface area contributed by atoms with Crippen LogP contribution in [-0.2, 0) is 36.8 Å². The van der Waals surface area contributed by atoms with Gasteiger partial charge in [-0.25, -0.2) is 4.79 Å². The highest BCUT2D eigenvalue weighted by molar-refractivity contribution is 7.98. The molecule has 0 aromatic heterocycles. The molecule has 0 aliphatic carbocycles. The van der Waals surface area contributed by atoms with Gasteiger partial charge in [-0.05, 0) is 48.1 Å². The molecule has 4 atom stereocenters. The maximum atomic E-state index is 13.2. The van der Waals surface area contributed by atoms with Crippen molar-refractivity contribution in [2.45, 2.75) is 49.9 Å². The summed E-state index contributed by atoms with van der Waals surface area (Å²) in [7, 11) is 0. The molecule has 0 spiro atoms. The van der Waals surface area contributed by atoms with Crippen molar-refractivity contribution in [3.8, 4) is 5.75 Å². The summed E-state index contributed by atoms with van der Waals surface area (Å²) in [5.41, 5.74) is 7.28. The van der Waals surface area contributed by atoms with Crippen LogP contribution >= 0.6 is 11.8 Å². The smallest absolute Gasteiger partial charge is 0.326 e. The van der Waals surface area contributed by atoms with Crippen LogP contribution < -0.4 is 21.7 Å². The first kappa shape index (κ1) is 32.1. The van der Waals surface area contributed by atoms with Crippen LogP contribution in [0.5, 0.6) is 5.75 Å². The van der Waals surface area contributed by atoms with Crippen molar-refractivity contribution in [2.24, 2.45) is 5.73 Å². The summed E-state index contributed by atoms with van der Waals surface area (Å²) >= 11 is 1.40. The molecule has 0 aliphatic rings. The number of aromatic hydroxyl groups is 1. The first-order valence-corrected chi connectivity index (χ1v) is 13.8. The molecule has 2 aromatic carbocycles. The van der Waals surface area contributed by atoms with E-state index >= 15 is 0 Å². The van der Waals surface area contributed by atoms with E-state index in [9.17, 15) is 39.3 Å². The summed E-state index contributed by atoms with van der Waals surface area (Å²) in [5, 5.41) is 35.6. The van der Waals surface area contributed by atoms with Gasteiger partial charge in [0, 0.05) is 6.42 Å². The lowest BCUT2D eigenvalue weighted by atomic mass is 10.0. The van der Waals surface area contributed by atoms with Gasteiger partial charge < -0.3 is 37.0 Å². The molecule has 13 heteroatoms. The van der Waals surface area contributed by atoms with Crippen LogP contribution in [0.4, 0.5) is 0 Å². The van der Waals surface area contributed by atoms with Crippen molar-refractivity contribution >= 4 is 41.4 Å². The van der Waals surface area contributed by atoms with Crippen LogP contribution in [0.15, 0.2) is 54.6 Å². The maximum absolute atomic E-state index is 13.2. The third-order valence-corrected chi connectivity index (χ3v) is 6.53. The number of hydrogen-bond acceptors (Lipinski definition) is 8. The highest BCUT2D eigenvalue weighted by Gasteiger charge is 2.31. The minimum Gasteiger partial charge on any atom is -0.508 e. The Kier molecular flexibility index (Phi) is 12.9. The van der Waals surface area contributed by atoms with Crippen molar-refractivity contribution < 1.29 is 39.3 Å². The monoisotopic (exact) mass is 574 g/mol. The maximum Gasteiger partial charge on any atom is 0.326 e. The second-order valence-corrected chi connectivity index (χ2v) is 10.1. The van der Waals surface area contributed by atoms with Gasteiger partial charge >= 0.3 is 11.9 Å². The molecule has 0 bridgehead atoms. The van der Waals surface area contributed by atoms with Gasteiger partial charge in [0.1, 0.15) is 23.9 Å². The molecule has 2 aromatic rings. The zero-order valence-corrected chi connectivity index (χ0v) is 22.7. The average molecular weight is 575 g/mol. The van der Waals surface area contributed by atoms with E-state index in [4.69, 9.17) is 5.73 Å². The Labute approximate surface area is 235 Å². The van der Waals surface area contributed by atoms with Gasteiger partial charge in [-0.2, -0.15) is 11.8 Å². The van der Waals surface area contributed by atoms with Gasteiger partial charge in [0.2, 0.25) is 17.7 Å². The van der Waals surface area contributed by atoms with E-state index in [1.165, 1.54) is 36.0 Å². The molecule has 0 fully saturated rings. The summed E-state index contributed by atoms with van der Waals surface area (Å²) in [4.78, 5) is 62.2. The van der Waals surface area contributed by atoms with Crippen LogP contribution in [0.2, 0.25) is 0 Å². The number of carbonyl (C=O) groups excluding carboxylic acids is 3. The number of amides is 3. The largest absolute Gasteiger partial charge is 0.508 e. The molecule has 0 saturated carbocycles. The molecule has 0 aliphatic heterocycles. The van der Waals surface area contributed by atoms with Gasteiger partial charge in [0.05, 0.1) is 12.5 Å². The number of aliphatic carboxylic acids is 2. The van der Waals surface area contributed by atoms with E-state index in [0.717, 1.165) is 5.56 Å². The summed E-state index contributed by atoms with van der Waals surface area (Å²) in [6.45, 7) is 0. The minimum atomic E-state index is -1.56. The van der Waals surface area contributed by atoms with Gasteiger partial charge in [-0.15, -0.1) is 0 Å². The van der Waals surface area contributed by atoms with Crippen LogP contribution in [0, 0.1) is 0 Å². The second kappa shape index (κ2) is 16.1. The molecule has 0 saturated heterocycles. The van der Waals surface area contributed by atoms with E-state index in [2.05, 4.69) is 16.0 Å². The molecule has 0 radical (unpaired) electrons. The molecule has 2 rings (SSSR count). The highest BCUT2D eigenvalue weighted by atomic mass is 32.2. The van der Waals surface area contributed by atoms with E-state index < -0.39 is 60.2 Å². The lowest BCUT2D eigenvalue weighted by molar-refractivity contribution is -0.143. The van der Waals surface area contributed by atoms with Crippen LogP contribution in [0.1, 0.15) is 24.0 Å². The molecule has 3 amide bonds. The molecule has 216 valence electrons. The number of carbonyl (C=O) groups is 5. The Hall–Kier alpha value is -4.10. The molecule has 0 heterocycles. The van der Waals surface area contributed by atoms with Gasteiger partial charge in [-0.1, -0.05) is 42.5 Å². The third-order valence-electron chi connectivity index (χ3n) is 5.88. The molecular formula is C27H34N4O8S. The number of nitrogens with one attached hydrogen (secondary N) is 3. The van der Waals surface area contributed by atoms with E-state index in [1.807, 2.05) is 0 Å². The van der Waals surface area contributed by atoms with Gasteiger partial charge in [-0.3, -0.25) is 19.2 Å². The van der Waals surface area contributed by atoms with Crippen molar-refractivity contribution in [1.82, 2.24) is 16.0 Å². The Morgan fingerprint density at radius 2 is 1.32 bits per heavy atom. The standard InChI is InChI=1S/C27H34N4O8S/c1-40-12-11-20(27(38)39)29-25(36)21(14-17-7-9-18(32)10-8-17)31-26(37)22(15-23(33)34)30-24(35)19(28)13-16-5-3-2-4-6-16/h2-10,19-22,32H,11-15,28H2,1H3,(H,29,36)(H,30,35)(H,31,37)(H,33,34)(H,38,39). The summed E-state index contributed by atoms with van der Waals surface area (Å²) < 4.78 is 0. The molecule has 12 nitrogen and oxygen atoms in total. The predicted octanol–water partition coefficient (Wildman–Crippen LogP) is 0.272. The molecule has 40 heavy (non-hydrogen) atoms. The van der Waals surface area contributed by atoms with Crippen molar-refractivity contribution in [2.75, 3.05) is 12.0 Å². The Morgan fingerprint density at radius 1 is 0.775 bits per heavy atom. The summed E-state index contributed by atoms with van der Waals surface area (Å²) in [6.07, 6.45) is 1.19. The van der Waals surface area contributed by atoms with Crippen molar-refractivity contribution in [3.05, 3.63) is 65.7 Å². The summed E-state index contributed by atoms with van der Waals surface area (Å²) in [6, 6.07) is 9.51. The van der Waals surface area contributed by atoms with Crippen LogP contribution in [0.3, 0.4) is 0 Å². The number of carboxylic acid groups (broad SMARTS) is 2. The zero-order valence-electron chi connectivity index (χ0n) is 21.9. The minimum absolute atomic E-state index is 0.0205. The fourth-order valence-corrected chi connectivity index (χ4v) is 4.21. The normalized spacial score (nSPS) is 13.8. The number of rotatable bonds is 16. The summed E-state index contributed by atoms with van der Waals surface area (Å²) in [5.74, 6) is -4.71. The van der Waals surface area contributed by atoms with E-state index in [0.29, 0.717) is 11.3 Å². The van der Waals surface area contributed by atoms with Crippen LogP contribution in [-0.4, -0.2) is 81.2 Å². The Morgan fingerprint density at radius 3 is 1.90 bits per heavy atom. The van der Waals surface area contributed by atoms with Crippen molar-refractivity contribution in [3.63, 3.8) is 0 Å². The predicted molar refractivity (Wildman–Crippen MR) is 149 cm³/mol. The number of hydrogen-bond donors (Lipinski definition) is 7. The Bertz CT molecular complexity index is 1160. The fourth-order valence-electron chi connectivity index (χ4n) is 3.74. The van der Waals surface area contributed by atoms with E-state index in [1.54, 1.807) is 36.6 Å². The van der Waals surface area contributed by atoms with Gasteiger partial charge in [0.25, 0.3) is 0 Å². The zero-order chi connectivity index (χ0) is 29.7. The van der Waals surface area contributed by atoms with Gasteiger partial charge in [0.15, 0.2) is 0 Å². The topological polar surface area (TPSA) is 208 Å². The number of phenols is 1. The third kappa shape index (κ3) is 10.9. The quantitative estimate of drug-likeness (QED) is 0.146. The molecule has 4 unspecified atom stereocenters. The number of nitrogens with two attached hydrogens (primary N) is 1. The van der Waals surface area contributed by atoms with E-state index in [-0.39, 0.29) is 25.0 Å². The SMILES string of the molecule is CSCCC(NC(=O)C(Cc1ccc(O)cc1)NC(=O)C(CC(=O)O)NC(=O)C(N)Cc1ccccc1)C(=O)O. The van der Waals surface area contributed by atoms with Crippen LogP contribution in [0.25, 0.3) is 0 Å². The van der Waals surface area contributed by atoms with Crippen molar-refractivity contribution in [1.29, 1.82) is 0 Å². The Balaban J connectivity index is 2.22. The average Bonchev–Trinajstić information content (AvgIpc) is 2.91. The lowest BCUT2D eigenvalue weighted by Crippen LogP contribution is -2.58. The molecular weight excluding hydrogens is 540 g/mol. The number of thioether (sulfide) groups is 1. The number of carboxylic acids is 2. The second-order valence-electron chi connectivity index (χ2n) is 9.07. The lowest BCUT2D eigenvalue weighted by Gasteiger charge is -2.25. The number of benzene rings is 2. The first-order chi connectivity index (χ1) is 19.0. The first-order valence-electron chi connectivity index (χ1n) is 12.4. The fraction of sp³-hybridized carbons (Fsp3) is 0.370. The highest BCUT2D eigenvalue weighted by Crippen LogP contribution is 2.12.